The van der Waals surface area contributed by atoms with Gasteiger partial charge in [0.25, 0.3) is 0 Å². The summed E-state index contributed by atoms with van der Waals surface area (Å²) in [6, 6.07) is 17.9. The van der Waals surface area contributed by atoms with Gasteiger partial charge in [-0.1, -0.05) is 48.5 Å². The van der Waals surface area contributed by atoms with Gasteiger partial charge in [0.15, 0.2) is 0 Å². The van der Waals surface area contributed by atoms with Crippen LogP contribution in [0, 0.1) is 5.82 Å². The number of nitrogens with zero attached hydrogens (tertiary/aromatic N) is 1. The number of hydrogen-bond acceptors (Lipinski definition) is 3. The Kier molecular flexibility index (Phi) is 5.52. The number of carbonyl (C=O) groups excluding carboxylic acids is 1. The third-order valence-corrected chi connectivity index (χ3v) is 3.86. The van der Waals surface area contributed by atoms with E-state index in [0.29, 0.717) is 18.6 Å². The highest BCUT2D eigenvalue weighted by molar-refractivity contribution is 5.72. The summed E-state index contributed by atoms with van der Waals surface area (Å²) < 4.78 is 19.0. The van der Waals surface area contributed by atoms with E-state index in [0.717, 1.165) is 16.7 Å². The molecule has 0 amide bonds. The maximum absolute atomic E-state index is 13.8. The van der Waals surface area contributed by atoms with Crippen molar-refractivity contribution in [3.8, 4) is 11.1 Å². The molecule has 0 bridgehead atoms. The summed E-state index contributed by atoms with van der Waals surface area (Å²) in [7, 11) is 0. The topological polar surface area (TPSA) is 39.2 Å². The highest BCUT2D eigenvalue weighted by Gasteiger charge is 2.06. The molecule has 0 aliphatic heterocycles. The first-order valence-corrected chi connectivity index (χ1v) is 8.11. The lowest BCUT2D eigenvalue weighted by Crippen LogP contribution is -2.10. The molecule has 3 nitrogen and oxygen atoms in total. The summed E-state index contributed by atoms with van der Waals surface area (Å²) in [5, 5.41) is 0. The molecule has 1 heterocycles. The van der Waals surface area contributed by atoms with Gasteiger partial charge in [-0.2, -0.15) is 0 Å². The normalized spacial score (nSPS) is 10.4. The minimum Gasteiger partial charge on any atom is -0.465 e. The zero-order chi connectivity index (χ0) is 17.5. The van der Waals surface area contributed by atoms with E-state index in [1.807, 2.05) is 36.4 Å². The van der Waals surface area contributed by atoms with E-state index in [1.165, 1.54) is 6.07 Å². The third-order valence-electron chi connectivity index (χ3n) is 3.86. The second-order valence-corrected chi connectivity index (χ2v) is 5.69. The van der Waals surface area contributed by atoms with E-state index >= 15 is 0 Å². The number of rotatable bonds is 6. The van der Waals surface area contributed by atoms with Crippen LogP contribution in [0.15, 0.2) is 73.1 Å². The maximum atomic E-state index is 13.8. The van der Waals surface area contributed by atoms with Crippen LogP contribution in [0.5, 0.6) is 0 Å². The van der Waals surface area contributed by atoms with E-state index in [1.54, 1.807) is 30.6 Å². The molecule has 0 aliphatic carbocycles. The van der Waals surface area contributed by atoms with Crippen molar-refractivity contribution in [2.75, 3.05) is 6.61 Å². The number of pyridine rings is 1. The number of aromatic nitrogens is 1. The fourth-order valence-corrected chi connectivity index (χ4v) is 2.55. The standard InChI is InChI=1S/C21H18FNO2/c22-20-6-2-1-5-19(20)18-9-7-16(8-10-18)11-13-25-21(24)14-17-4-3-12-23-15-17/h1-10,12,15H,11,13-14H2. The van der Waals surface area contributed by atoms with E-state index in [-0.39, 0.29) is 18.2 Å². The molecule has 25 heavy (non-hydrogen) atoms. The van der Waals surface area contributed by atoms with Crippen LogP contribution in [0.1, 0.15) is 11.1 Å². The van der Waals surface area contributed by atoms with Gasteiger partial charge < -0.3 is 4.74 Å². The summed E-state index contributed by atoms with van der Waals surface area (Å²) in [6.07, 6.45) is 4.17. The number of benzene rings is 2. The third kappa shape index (κ3) is 4.73. The van der Waals surface area contributed by atoms with Crippen LogP contribution in [0.3, 0.4) is 0 Å². The van der Waals surface area contributed by atoms with Gasteiger partial charge in [-0.25, -0.2) is 4.39 Å². The Morgan fingerprint density at radius 3 is 2.48 bits per heavy atom. The molecule has 2 aromatic carbocycles. The summed E-state index contributed by atoms with van der Waals surface area (Å²) in [6.45, 7) is 0.318. The molecule has 0 radical (unpaired) electrons. The van der Waals surface area contributed by atoms with Crippen molar-refractivity contribution in [3.05, 3.63) is 90.0 Å². The molecular formula is C21H18FNO2. The molecule has 0 N–H and O–H groups in total. The molecule has 1 aromatic heterocycles. The highest BCUT2D eigenvalue weighted by atomic mass is 19.1. The lowest BCUT2D eigenvalue weighted by molar-refractivity contribution is -0.142. The first kappa shape index (κ1) is 16.8. The Balaban J connectivity index is 1.51. The van der Waals surface area contributed by atoms with Gasteiger partial charge in [0, 0.05) is 24.4 Å². The van der Waals surface area contributed by atoms with Gasteiger partial charge in [-0.3, -0.25) is 9.78 Å². The number of carbonyl (C=O) groups is 1. The van der Waals surface area contributed by atoms with Crippen LogP contribution in [0.25, 0.3) is 11.1 Å². The average Bonchev–Trinajstić information content (AvgIpc) is 2.64. The molecule has 3 rings (SSSR count). The summed E-state index contributed by atoms with van der Waals surface area (Å²) >= 11 is 0. The van der Waals surface area contributed by atoms with Gasteiger partial charge in [0.2, 0.25) is 0 Å². The molecular weight excluding hydrogens is 317 g/mol. The second kappa shape index (κ2) is 8.20. The van der Waals surface area contributed by atoms with Crippen molar-refractivity contribution in [2.45, 2.75) is 12.8 Å². The molecule has 0 fully saturated rings. The van der Waals surface area contributed by atoms with Crippen molar-refractivity contribution in [3.63, 3.8) is 0 Å². The fourth-order valence-electron chi connectivity index (χ4n) is 2.55. The first-order chi connectivity index (χ1) is 12.2. The summed E-state index contributed by atoms with van der Waals surface area (Å²) in [4.78, 5) is 15.8. The SMILES string of the molecule is O=C(Cc1cccnc1)OCCc1ccc(-c2ccccc2F)cc1. The monoisotopic (exact) mass is 335 g/mol. The molecule has 3 aromatic rings. The number of esters is 1. The Morgan fingerprint density at radius 2 is 1.76 bits per heavy atom. The molecule has 0 saturated carbocycles. The lowest BCUT2D eigenvalue weighted by Gasteiger charge is -2.07. The first-order valence-electron chi connectivity index (χ1n) is 8.11. The Morgan fingerprint density at radius 1 is 0.960 bits per heavy atom. The zero-order valence-corrected chi connectivity index (χ0v) is 13.7. The molecule has 4 heteroatoms. The summed E-state index contributed by atoms with van der Waals surface area (Å²) in [5.74, 6) is -0.504. The van der Waals surface area contributed by atoms with Crippen LogP contribution < -0.4 is 0 Å². The highest BCUT2D eigenvalue weighted by Crippen LogP contribution is 2.22. The lowest BCUT2D eigenvalue weighted by atomic mass is 10.0. The molecule has 126 valence electrons. The Hall–Kier alpha value is -3.01. The van der Waals surface area contributed by atoms with Crippen molar-refractivity contribution in [2.24, 2.45) is 0 Å². The van der Waals surface area contributed by atoms with Crippen molar-refractivity contribution < 1.29 is 13.9 Å². The van der Waals surface area contributed by atoms with Crippen molar-refractivity contribution in [1.29, 1.82) is 0 Å². The maximum Gasteiger partial charge on any atom is 0.310 e. The zero-order valence-electron chi connectivity index (χ0n) is 13.7. The van der Waals surface area contributed by atoms with E-state index < -0.39 is 0 Å². The van der Waals surface area contributed by atoms with Crippen LogP contribution in [-0.2, 0) is 22.4 Å². The molecule has 0 spiro atoms. The quantitative estimate of drug-likeness (QED) is 0.633. The van der Waals surface area contributed by atoms with Crippen LogP contribution in [0.4, 0.5) is 4.39 Å². The summed E-state index contributed by atoms with van der Waals surface area (Å²) in [5.41, 5.74) is 3.28. The number of halogens is 1. The minimum atomic E-state index is -0.268. The fraction of sp³-hybridized carbons (Fsp3) is 0.143. The number of ether oxygens (including phenoxy) is 1. The van der Waals surface area contributed by atoms with Gasteiger partial charge in [0.05, 0.1) is 13.0 Å². The van der Waals surface area contributed by atoms with Crippen LogP contribution in [0.2, 0.25) is 0 Å². The van der Waals surface area contributed by atoms with Crippen LogP contribution in [-0.4, -0.2) is 17.6 Å². The minimum absolute atomic E-state index is 0.222. The van der Waals surface area contributed by atoms with Crippen molar-refractivity contribution in [1.82, 2.24) is 4.98 Å². The molecule has 0 atom stereocenters. The van der Waals surface area contributed by atoms with Crippen LogP contribution >= 0.6 is 0 Å². The smallest absolute Gasteiger partial charge is 0.310 e. The van der Waals surface area contributed by atoms with E-state index in [9.17, 15) is 9.18 Å². The van der Waals surface area contributed by atoms with Gasteiger partial charge >= 0.3 is 5.97 Å². The Bertz CT molecular complexity index is 832. The predicted octanol–water partition coefficient (Wildman–Crippen LogP) is 4.22. The average molecular weight is 335 g/mol. The number of hydrogen-bond donors (Lipinski definition) is 0. The van der Waals surface area contributed by atoms with Gasteiger partial charge in [-0.15, -0.1) is 0 Å². The van der Waals surface area contributed by atoms with Crippen molar-refractivity contribution >= 4 is 5.97 Å². The second-order valence-electron chi connectivity index (χ2n) is 5.69. The largest absolute Gasteiger partial charge is 0.465 e. The predicted molar refractivity (Wildman–Crippen MR) is 94.4 cm³/mol. The molecule has 0 unspecified atom stereocenters. The Labute approximate surface area is 146 Å². The molecule has 0 saturated heterocycles. The van der Waals surface area contributed by atoms with E-state index in [2.05, 4.69) is 4.98 Å². The molecule has 0 aliphatic rings. The van der Waals surface area contributed by atoms with Gasteiger partial charge in [0.1, 0.15) is 5.82 Å². The van der Waals surface area contributed by atoms with E-state index in [4.69, 9.17) is 4.74 Å². The van der Waals surface area contributed by atoms with Gasteiger partial charge in [-0.05, 0) is 28.8 Å².